The van der Waals surface area contributed by atoms with Crippen molar-refractivity contribution in [2.45, 2.75) is 12.2 Å². The highest BCUT2D eigenvalue weighted by Crippen LogP contribution is 2.31. The van der Waals surface area contributed by atoms with E-state index in [2.05, 4.69) is 12.6 Å². The summed E-state index contributed by atoms with van der Waals surface area (Å²) < 4.78 is 50.0. The highest BCUT2D eigenvalue weighted by Gasteiger charge is 2.31. The van der Waals surface area contributed by atoms with Gasteiger partial charge in [0.05, 0.1) is 5.56 Å². The molecule has 0 amide bonds. The van der Waals surface area contributed by atoms with Gasteiger partial charge in [-0.3, -0.25) is 0 Å². The van der Waals surface area contributed by atoms with Crippen LogP contribution >= 0.6 is 12.6 Å². The highest BCUT2D eigenvalue weighted by molar-refractivity contribution is 7.80. The lowest BCUT2D eigenvalue weighted by molar-refractivity contribution is -0.137. The van der Waals surface area contributed by atoms with Crippen molar-refractivity contribution in [2.75, 3.05) is 5.75 Å². The minimum absolute atomic E-state index is 0.0816. The SMILES string of the molecule is NC(CS)c1cc(C(F)(F)F)ccc1F. The minimum Gasteiger partial charge on any atom is -0.323 e. The molecule has 6 heteroatoms. The van der Waals surface area contributed by atoms with E-state index < -0.39 is 23.6 Å². The zero-order chi connectivity index (χ0) is 11.6. The van der Waals surface area contributed by atoms with Crippen molar-refractivity contribution in [1.29, 1.82) is 0 Å². The lowest BCUT2D eigenvalue weighted by atomic mass is 10.0. The number of hydrogen-bond acceptors (Lipinski definition) is 2. The second-order valence-electron chi connectivity index (χ2n) is 3.02. The van der Waals surface area contributed by atoms with Gasteiger partial charge in [-0.1, -0.05) is 0 Å². The zero-order valence-electron chi connectivity index (χ0n) is 7.55. The van der Waals surface area contributed by atoms with Gasteiger partial charge >= 0.3 is 6.18 Å². The molecule has 1 aromatic rings. The first kappa shape index (κ1) is 12.3. The number of halogens is 4. The predicted molar refractivity (Wildman–Crippen MR) is 52.2 cm³/mol. The lowest BCUT2D eigenvalue weighted by Crippen LogP contribution is -2.15. The van der Waals surface area contributed by atoms with Gasteiger partial charge in [0.15, 0.2) is 0 Å². The third-order valence-electron chi connectivity index (χ3n) is 1.92. The number of hydrogen-bond donors (Lipinski definition) is 2. The molecular formula is C9H9F4NS. The number of benzene rings is 1. The summed E-state index contributed by atoms with van der Waals surface area (Å²) in [4.78, 5) is 0. The van der Waals surface area contributed by atoms with E-state index in [1.54, 1.807) is 0 Å². The van der Waals surface area contributed by atoms with E-state index in [0.29, 0.717) is 6.07 Å². The van der Waals surface area contributed by atoms with Crippen molar-refractivity contribution in [3.63, 3.8) is 0 Å². The van der Waals surface area contributed by atoms with Crippen LogP contribution in [0.5, 0.6) is 0 Å². The first-order chi connectivity index (χ1) is 6.86. The molecule has 0 aliphatic rings. The van der Waals surface area contributed by atoms with Crippen LogP contribution in [0.25, 0.3) is 0 Å². The van der Waals surface area contributed by atoms with Crippen LogP contribution in [0.4, 0.5) is 17.6 Å². The van der Waals surface area contributed by atoms with E-state index in [1.807, 2.05) is 0 Å². The van der Waals surface area contributed by atoms with E-state index in [0.717, 1.165) is 12.1 Å². The Kier molecular flexibility index (Phi) is 3.62. The second-order valence-corrected chi connectivity index (χ2v) is 3.39. The molecule has 0 aromatic heterocycles. The van der Waals surface area contributed by atoms with Gasteiger partial charge in [-0.2, -0.15) is 25.8 Å². The largest absolute Gasteiger partial charge is 0.416 e. The molecule has 1 rings (SSSR count). The molecule has 84 valence electrons. The van der Waals surface area contributed by atoms with Gasteiger partial charge < -0.3 is 5.73 Å². The fourth-order valence-electron chi connectivity index (χ4n) is 1.10. The summed E-state index contributed by atoms with van der Waals surface area (Å²) in [5.74, 6) is -0.664. The van der Waals surface area contributed by atoms with Crippen molar-refractivity contribution in [1.82, 2.24) is 0 Å². The molecule has 0 radical (unpaired) electrons. The van der Waals surface area contributed by atoms with Crippen LogP contribution in [0.3, 0.4) is 0 Å². The zero-order valence-corrected chi connectivity index (χ0v) is 8.45. The van der Waals surface area contributed by atoms with Gasteiger partial charge in [0.25, 0.3) is 0 Å². The molecule has 1 unspecified atom stereocenters. The van der Waals surface area contributed by atoms with E-state index in [4.69, 9.17) is 5.73 Å². The van der Waals surface area contributed by atoms with E-state index in [9.17, 15) is 17.6 Å². The molecule has 2 N–H and O–H groups in total. The molecule has 0 saturated heterocycles. The van der Waals surface area contributed by atoms with Crippen LogP contribution in [0.1, 0.15) is 17.2 Å². The molecule has 15 heavy (non-hydrogen) atoms. The molecule has 0 aliphatic heterocycles. The molecule has 0 saturated carbocycles. The molecule has 0 heterocycles. The van der Waals surface area contributed by atoms with E-state index in [1.165, 1.54) is 0 Å². The molecule has 0 aliphatic carbocycles. The Bertz CT molecular complexity index is 350. The van der Waals surface area contributed by atoms with E-state index in [-0.39, 0.29) is 11.3 Å². The summed E-state index contributed by atoms with van der Waals surface area (Å²) in [7, 11) is 0. The van der Waals surface area contributed by atoms with Gasteiger partial charge in [-0.25, -0.2) is 4.39 Å². The maximum atomic E-state index is 13.1. The van der Waals surface area contributed by atoms with Gasteiger partial charge in [0, 0.05) is 17.4 Å². The number of nitrogens with two attached hydrogens (primary N) is 1. The molecule has 1 atom stereocenters. The summed E-state index contributed by atoms with van der Waals surface area (Å²) in [5.41, 5.74) is 4.35. The number of thiol groups is 1. The van der Waals surface area contributed by atoms with Crippen molar-refractivity contribution >= 4 is 12.6 Å². The Morgan fingerprint density at radius 2 is 1.93 bits per heavy atom. The summed E-state index contributed by atoms with van der Waals surface area (Å²) >= 11 is 3.81. The maximum Gasteiger partial charge on any atom is 0.416 e. The standard InChI is InChI=1S/C9H9F4NS/c10-7-2-1-5(9(11,12)13)3-6(7)8(14)4-15/h1-3,8,15H,4,14H2. The van der Waals surface area contributed by atoms with Crippen molar-refractivity contribution in [3.05, 3.63) is 35.1 Å². The average molecular weight is 239 g/mol. The third kappa shape index (κ3) is 2.85. The first-order valence-corrected chi connectivity index (χ1v) is 4.72. The smallest absolute Gasteiger partial charge is 0.323 e. The summed E-state index contributed by atoms with van der Waals surface area (Å²) in [6.45, 7) is 0. The van der Waals surface area contributed by atoms with Gasteiger partial charge in [0.2, 0.25) is 0 Å². The van der Waals surface area contributed by atoms with E-state index >= 15 is 0 Å². The quantitative estimate of drug-likeness (QED) is 0.602. The summed E-state index contributed by atoms with van der Waals surface area (Å²) in [6.07, 6.45) is -4.49. The molecule has 1 nitrogen and oxygen atoms in total. The van der Waals surface area contributed by atoms with Crippen molar-refractivity contribution in [3.8, 4) is 0 Å². The summed E-state index contributed by atoms with van der Waals surface area (Å²) in [5, 5.41) is 0. The first-order valence-electron chi connectivity index (χ1n) is 4.09. The molecular weight excluding hydrogens is 230 g/mol. The van der Waals surface area contributed by atoms with Crippen LogP contribution in [0.15, 0.2) is 18.2 Å². The topological polar surface area (TPSA) is 26.0 Å². The number of rotatable bonds is 2. The fraction of sp³-hybridized carbons (Fsp3) is 0.333. The van der Waals surface area contributed by atoms with Gasteiger partial charge in [-0.05, 0) is 18.2 Å². The average Bonchev–Trinajstić information content (AvgIpc) is 2.15. The Labute approximate surface area is 89.7 Å². The molecule has 1 aromatic carbocycles. The number of alkyl halides is 3. The van der Waals surface area contributed by atoms with Crippen LogP contribution < -0.4 is 5.73 Å². The van der Waals surface area contributed by atoms with Crippen LogP contribution in [0.2, 0.25) is 0 Å². The third-order valence-corrected chi connectivity index (χ3v) is 2.31. The second kappa shape index (κ2) is 4.40. The minimum atomic E-state index is -4.49. The molecule has 0 fully saturated rings. The molecule has 0 bridgehead atoms. The Balaban J connectivity index is 3.17. The predicted octanol–water partition coefficient (Wildman–Crippen LogP) is 2.77. The lowest BCUT2D eigenvalue weighted by Gasteiger charge is -2.13. The van der Waals surface area contributed by atoms with Gasteiger partial charge in [0.1, 0.15) is 5.82 Å². The van der Waals surface area contributed by atoms with Crippen molar-refractivity contribution in [2.24, 2.45) is 5.73 Å². The van der Waals surface area contributed by atoms with Crippen molar-refractivity contribution < 1.29 is 17.6 Å². The van der Waals surface area contributed by atoms with Crippen LogP contribution in [-0.2, 0) is 6.18 Å². The summed E-state index contributed by atoms with van der Waals surface area (Å²) in [6, 6.07) is 1.33. The Morgan fingerprint density at radius 1 is 1.33 bits per heavy atom. The van der Waals surface area contributed by atoms with Crippen LogP contribution in [0, 0.1) is 5.82 Å². The normalized spacial score (nSPS) is 14.0. The van der Waals surface area contributed by atoms with Crippen LogP contribution in [-0.4, -0.2) is 5.75 Å². The monoisotopic (exact) mass is 239 g/mol. The highest BCUT2D eigenvalue weighted by atomic mass is 32.1. The fourth-order valence-corrected chi connectivity index (χ4v) is 1.30. The Hall–Kier alpha value is -0.750. The maximum absolute atomic E-state index is 13.1. The Morgan fingerprint density at radius 3 is 2.40 bits per heavy atom. The molecule has 0 spiro atoms. The van der Waals surface area contributed by atoms with Gasteiger partial charge in [-0.15, -0.1) is 0 Å².